The zero-order valence-corrected chi connectivity index (χ0v) is 16.7. The summed E-state index contributed by atoms with van der Waals surface area (Å²) in [6.45, 7) is 8.98. The van der Waals surface area contributed by atoms with Crippen molar-refractivity contribution in [1.82, 2.24) is 10.2 Å². The summed E-state index contributed by atoms with van der Waals surface area (Å²) in [5.74, 6) is 1.72. The SMILES string of the molecule is CC(C)c1cccc(C(C)C)c1NC(=O)c1ccc(NCc2ccco2)nn1. The number of hydrogen-bond donors (Lipinski definition) is 2. The first-order valence-corrected chi connectivity index (χ1v) is 9.50. The van der Waals surface area contributed by atoms with Gasteiger partial charge in [-0.15, -0.1) is 10.2 Å². The van der Waals surface area contributed by atoms with Crippen molar-refractivity contribution in [2.45, 2.75) is 46.1 Å². The third-order valence-corrected chi connectivity index (χ3v) is 4.53. The minimum Gasteiger partial charge on any atom is -0.467 e. The maximum atomic E-state index is 12.8. The molecule has 0 fully saturated rings. The minimum atomic E-state index is -0.264. The molecule has 0 saturated heterocycles. The van der Waals surface area contributed by atoms with E-state index in [1.165, 1.54) is 0 Å². The first kappa shape index (κ1) is 19.6. The van der Waals surface area contributed by atoms with Gasteiger partial charge in [-0.25, -0.2) is 0 Å². The van der Waals surface area contributed by atoms with Crippen LogP contribution in [0.3, 0.4) is 0 Å². The molecule has 0 saturated carbocycles. The minimum absolute atomic E-state index is 0.264. The van der Waals surface area contributed by atoms with Crippen LogP contribution >= 0.6 is 0 Å². The molecule has 0 unspecified atom stereocenters. The lowest BCUT2D eigenvalue weighted by Crippen LogP contribution is -2.18. The number of nitrogens with zero attached hydrogens (tertiary/aromatic N) is 2. The summed E-state index contributed by atoms with van der Waals surface area (Å²) >= 11 is 0. The van der Waals surface area contributed by atoms with E-state index in [2.05, 4.69) is 60.7 Å². The number of furan rings is 1. The van der Waals surface area contributed by atoms with Gasteiger partial charge in [0.15, 0.2) is 5.69 Å². The summed E-state index contributed by atoms with van der Waals surface area (Å²) in [7, 11) is 0. The highest BCUT2D eigenvalue weighted by Gasteiger charge is 2.17. The summed E-state index contributed by atoms with van der Waals surface area (Å²) < 4.78 is 5.27. The number of hydrogen-bond acceptors (Lipinski definition) is 5. The smallest absolute Gasteiger partial charge is 0.276 e. The molecule has 0 bridgehead atoms. The first-order chi connectivity index (χ1) is 13.5. The van der Waals surface area contributed by atoms with Crippen molar-refractivity contribution in [1.29, 1.82) is 0 Å². The maximum Gasteiger partial charge on any atom is 0.276 e. The molecular formula is C22H26N4O2. The van der Waals surface area contributed by atoms with Crippen molar-refractivity contribution < 1.29 is 9.21 Å². The molecule has 3 aromatic rings. The van der Waals surface area contributed by atoms with E-state index in [0.29, 0.717) is 24.2 Å². The van der Waals surface area contributed by atoms with Crippen molar-refractivity contribution in [3.05, 3.63) is 71.3 Å². The fourth-order valence-electron chi connectivity index (χ4n) is 3.01. The molecule has 6 nitrogen and oxygen atoms in total. The first-order valence-electron chi connectivity index (χ1n) is 9.50. The molecule has 0 spiro atoms. The monoisotopic (exact) mass is 378 g/mol. The third-order valence-electron chi connectivity index (χ3n) is 4.53. The van der Waals surface area contributed by atoms with Gasteiger partial charge in [-0.2, -0.15) is 0 Å². The Labute approximate surface area is 165 Å². The van der Waals surface area contributed by atoms with E-state index in [1.54, 1.807) is 18.4 Å². The normalized spacial score (nSPS) is 11.1. The van der Waals surface area contributed by atoms with E-state index in [0.717, 1.165) is 22.6 Å². The number of anilines is 2. The van der Waals surface area contributed by atoms with Crippen LogP contribution in [-0.4, -0.2) is 16.1 Å². The second kappa shape index (κ2) is 8.69. The van der Waals surface area contributed by atoms with Crippen LogP contribution in [0.2, 0.25) is 0 Å². The number of rotatable bonds is 7. The van der Waals surface area contributed by atoms with Crippen molar-refractivity contribution in [2.75, 3.05) is 10.6 Å². The van der Waals surface area contributed by atoms with E-state index in [4.69, 9.17) is 4.42 Å². The van der Waals surface area contributed by atoms with Crippen LogP contribution in [0.25, 0.3) is 0 Å². The molecule has 0 aliphatic carbocycles. The predicted octanol–water partition coefficient (Wildman–Crippen LogP) is 5.18. The summed E-state index contributed by atoms with van der Waals surface area (Å²) in [6, 6.07) is 13.3. The molecule has 0 radical (unpaired) electrons. The van der Waals surface area contributed by atoms with E-state index < -0.39 is 0 Å². The molecule has 2 aromatic heterocycles. The topological polar surface area (TPSA) is 80.0 Å². The van der Waals surface area contributed by atoms with Gasteiger partial charge < -0.3 is 15.1 Å². The molecular weight excluding hydrogens is 352 g/mol. The zero-order chi connectivity index (χ0) is 20.1. The van der Waals surface area contributed by atoms with Crippen LogP contribution in [-0.2, 0) is 6.54 Å². The van der Waals surface area contributed by atoms with E-state index in [-0.39, 0.29) is 11.6 Å². The summed E-state index contributed by atoms with van der Waals surface area (Å²) in [4.78, 5) is 12.8. The third kappa shape index (κ3) is 4.57. The highest BCUT2D eigenvalue weighted by molar-refractivity contribution is 6.03. The molecule has 0 aliphatic rings. The Morgan fingerprint density at radius 3 is 2.21 bits per heavy atom. The number of aromatic nitrogens is 2. The van der Waals surface area contributed by atoms with Crippen LogP contribution < -0.4 is 10.6 Å². The van der Waals surface area contributed by atoms with Gasteiger partial charge in [0.25, 0.3) is 5.91 Å². The molecule has 0 atom stereocenters. The fourth-order valence-corrected chi connectivity index (χ4v) is 3.01. The van der Waals surface area contributed by atoms with Gasteiger partial charge in [-0.1, -0.05) is 45.9 Å². The highest BCUT2D eigenvalue weighted by Crippen LogP contribution is 2.32. The summed E-state index contributed by atoms with van der Waals surface area (Å²) in [5.41, 5.74) is 3.38. The average molecular weight is 378 g/mol. The second-order valence-corrected chi connectivity index (χ2v) is 7.31. The van der Waals surface area contributed by atoms with Gasteiger partial charge in [0.2, 0.25) is 0 Å². The number of carbonyl (C=O) groups excluding carboxylic acids is 1. The van der Waals surface area contributed by atoms with Gasteiger partial charge >= 0.3 is 0 Å². The van der Waals surface area contributed by atoms with Crippen molar-refractivity contribution in [2.24, 2.45) is 0 Å². The molecule has 2 heterocycles. The Hall–Kier alpha value is -3.15. The Bertz CT molecular complexity index is 890. The van der Waals surface area contributed by atoms with Gasteiger partial charge in [0.05, 0.1) is 12.8 Å². The summed E-state index contributed by atoms with van der Waals surface area (Å²) in [6.07, 6.45) is 1.62. The van der Waals surface area contributed by atoms with Crippen LogP contribution in [0, 0.1) is 0 Å². The predicted molar refractivity (Wildman–Crippen MR) is 111 cm³/mol. The van der Waals surface area contributed by atoms with E-state index >= 15 is 0 Å². The largest absolute Gasteiger partial charge is 0.467 e. The number of amides is 1. The van der Waals surface area contributed by atoms with Gasteiger partial charge in [0, 0.05) is 5.69 Å². The molecule has 3 rings (SSSR count). The Morgan fingerprint density at radius 2 is 1.68 bits per heavy atom. The van der Waals surface area contributed by atoms with Crippen molar-refractivity contribution in [3.63, 3.8) is 0 Å². The number of benzene rings is 1. The molecule has 6 heteroatoms. The lowest BCUT2D eigenvalue weighted by molar-refractivity contribution is 0.102. The lowest BCUT2D eigenvalue weighted by atomic mass is 9.92. The number of nitrogens with one attached hydrogen (secondary N) is 2. The maximum absolute atomic E-state index is 12.8. The van der Waals surface area contributed by atoms with E-state index in [1.807, 2.05) is 18.2 Å². The average Bonchev–Trinajstić information content (AvgIpc) is 3.20. The van der Waals surface area contributed by atoms with Crippen molar-refractivity contribution in [3.8, 4) is 0 Å². The van der Waals surface area contributed by atoms with Crippen molar-refractivity contribution >= 4 is 17.4 Å². The molecule has 0 aliphatic heterocycles. The standard InChI is InChI=1S/C22H26N4O2/c1-14(2)17-8-5-9-18(15(3)4)21(17)24-22(27)19-10-11-20(26-25-19)23-13-16-7-6-12-28-16/h5-12,14-15H,13H2,1-4H3,(H,23,26)(H,24,27). The van der Waals surface area contributed by atoms with Gasteiger partial charge in [0.1, 0.15) is 11.6 Å². The Balaban J connectivity index is 1.74. The van der Waals surface area contributed by atoms with Gasteiger partial charge in [-0.3, -0.25) is 4.79 Å². The molecule has 1 amide bonds. The highest BCUT2D eigenvalue weighted by atomic mass is 16.3. The van der Waals surface area contributed by atoms with Crippen LogP contribution in [0.1, 0.15) is 66.9 Å². The molecule has 28 heavy (non-hydrogen) atoms. The lowest BCUT2D eigenvalue weighted by Gasteiger charge is -2.20. The summed E-state index contributed by atoms with van der Waals surface area (Å²) in [5, 5.41) is 14.3. The zero-order valence-electron chi connectivity index (χ0n) is 16.7. The second-order valence-electron chi connectivity index (χ2n) is 7.31. The van der Waals surface area contributed by atoms with Crippen LogP contribution in [0.4, 0.5) is 11.5 Å². The van der Waals surface area contributed by atoms with Gasteiger partial charge in [-0.05, 0) is 47.2 Å². The number of carbonyl (C=O) groups is 1. The van der Waals surface area contributed by atoms with Crippen LogP contribution in [0.5, 0.6) is 0 Å². The van der Waals surface area contributed by atoms with Crippen LogP contribution in [0.15, 0.2) is 53.1 Å². The molecule has 2 N–H and O–H groups in total. The number of para-hydroxylation sites is 1. The Kier molecular flexibility index (Phi) is 6.09. The fraction of sp³-hybridized carbons (Fsp3) is 0.318. The quantitative estimate of drug-likeness (QED) is 0.592. The molecule has 146 valence electrons. The van der Waals surface area contributed by atoms with E-state index in [9.17, 15) is 4.79 Å². The molecule has 1 aromatic carbocycles. The Morgan fingerprint density at radius 1 is 0.964 bits per heavy atom.